The molecule has 0 aliphatic carbocycles. The molecule has 4 rings (SSSR count). The van der Waals surface area contributed by atoms with Crippen LogP contribution in [0.25, 0.3) is 6.08 Å². The predicted octanol–water partition coefficient (Wildman–Crippen LogP) is 6.50. The van der Waals surface area contributed by atoms with E-state index in [1.165, 1.54) is 42.1 Å². The zero-order chi connectivity index (χ0) is 29.2. The van der Waals surface area contributed by atoms with E-state index in [4.69, 9.17) is 0 Å². The van der Waals surface area contributed by atoms with Gasteiger partial charge < -0.3 is 16.0 Å². The van der Waals surface area contributed by atoms with Crippen LogP contribution in [0.15, 0.2) is 118 Å². The normalized spacial score (nSPS) is 10.9. The molecule has 0 unspecified atom stereocenters. The van der Waals surface area contributed by atoms with Gasteiger partial charge in [0.2, 0.25) is 5.91 Å². The van der Waals surface area contributed by atoms with Gasteiger partial charge in [0.05, 0.1) is 16.4 Å². The van der Waals surface area contributed by atoms with Crippen molar-refractivity contribution in [3.8, 4) is 0 Å². The lowest BCUT2D eigenvalue weighted by Gasteiger charge is -2.12. The van der Waals surface area contributed by atoms with Crippen LogP contribution in [-0.4, -0.2) is 28.4 Å². The Morgan fingerprint density at radius 2 is 1.56 bits per heavy atom. The van der Waals surface area contributed by atoms with Crippen molar-refractivity contribution in [2.45, 2.75) is 4.90 Å². The van der Waals surface area contributed by atoms with Crippen LogP contribution in [-0.2, 0) is 9.59 Å². The number of thioether (sulfide) groups is 1. The maximum Gasteiger partial charge on any atom is 0.272 e. The Morgan fingerprint density at radius 3 is 2.27 bits per heavy atom. The summed E-state index contributed by atoms with van der Waals surface area (Å²) in [5.74, 6) is -1.12. The third kappa shape index (κ3) is 8.62. The minimum atomic E-state index is -0.596. The number of non-ortho nitro benzene ring substituents is 1. The smallest absolute Gasteiger partial charge is 0.272 e. The summed E-state index contributed by atoms with van der Waals surface area (Å²) >= 11 is 4.70. The zero-order valence-corrected chi connectivity index (χ0v) is 23.8. The summed E-state index contributed by atoms with van der Waals surface area (Å²) in [7, 11) is 0. The lowest BCUT2D eigenvalue weighted by atomic mass is 10.1. The average molecular weight is 632 g/mol. The molecule has 0 fully saturated rings. The molecule has 206 valence electrons. The second-order valence-corrected chi connectivity index (χ2v) is 10.4. The van der Waals surface area contributed by atoms with E-state index in [2.05, 4.69) is 31.9 Å². The number of carbonyl (C=O) groups is 3. The molecule has 11 heteroatoms. The quantitative estimate of drug-likeness (QED) is 0.0793. The number of rotatable bonds is 10. The average Bonchev–Trinajstić information content (AvgIpc) is 2.98. The number of para-hydroxylation sites is 1. The number of benzene rings is 4. The summed E-state index contributed by atoms with van der Waals surface area (Å²) in [6.45, 7) is 0. The van der Waals surface area contributed by atoms with Crippen molar-refractivity contribution in [2.24, 2.45) is 0 Å². The van der Waals surface area contributed by atoms with Crippen molar-refractivity contribution < 1.29 is 19.3 Å². The minimum Gasteiger partial charge on any atom is -0.324 e. The first-order chi connectivity index (χ1) is 19.8. The summed E-state index contributed by atoms with van der Waals surface area (Å²) in [6, 6.07) is 28.3. The number of nitro groups is 1. The van der Waals surface area contributed by atoms with Crippen LogP contribution in [0, 0.1) is 10.1 Å². The summed E-state index contributed by atoms with van der Waals surface area (Å²) in [4.78, 5) is 49.8. The fraction of sp³-hybridized carbons (Fsp3) is 0.0333. The number of nitrogens with one attached hydrogen (secondary N) is 3. The maximum absolute atomic E-state index is 13.3. The monoisotopic (exact) mass is 630 g/mol. The van der Waals surface area contributed by atoms with Crippen molar-refractivity contribution in [2.75, 3.05) is 16.4 Å². The summed E-state index contributed by atoms with van der Waals surface area (Å²) in [6.07, 6.45) is 1.44. The van der Waals surface area contributed by atoms with Gasteiger partial charge in [0.15, 0.2) is 0 Å². The van der Waals surface area contributed by atoms with Crippen LogP contribution < -0.4 is 16.0 Å². The van der Waals surface area contributed by atoms with Gasteiger partial charge in [0.25, 0.3) is 17.5 Å². The molecule has 0 aliphatic rings. The van der Waals surface area contributed by atoms with E-state index in [0.717, 1.165) is 9.37 Å². The minimum absolute atomic E-state index is 0.0569. The van der Waals surface area contributed by atoms with E-state index >= 15 is 0 Å². The molecule has 0 saturated carbocycles. The number of halogens is 1. The van der Waals surface area contributed by atoms with Crippen LogP contribution in [0.2, 0.25) is 0 Å². The summed E-state index contributed by atoms with van der Waals surface area (Å²) < 4.78 is 0.778. The lowest BCUT2D eigenvalue weighted by molar-refractivity contribution is -0.384. The fourth-order valence-electron chi connectivity index (χ4n) is 3.56. The number of hydrogen-bond donors (Lipinski definition) is 3. The first kappa shape index (κ1) is 29.2. The Balaban J connectivity index is 1.47. The van der Waals surface area contributed by atoms with Crippen molar-refractivity contribution in [1.29, 1.82) is 0 Å². The molecule has 0 radical (unpaired) electrons. The van der Waals surface area contributed by atoms with Gasteiger partial charge in [0, 0.05) is 32.8 Å². The predicted molar refractivity (Wildman–Crippen MR) is 164 cm³/mol. The van der Waals surface area contributed by atoms with Gasteiger partial charge in [-0.3, -0.25) is 24.5 Å². The molecule has 0 aliphatic heterocycles. The molecule has 0 atom stereocenters. The van der Waals surface area contributed by atoms with Crippen LogP contribution in [0.5, 0.6) is 0 Å². The van der Waals surface area contributed by atoms with Crippen molar-refractivity contribution >= 4 is 68.6 Å². The number of anilines is 2. The highest BCUT2D eigenvalue weighted by atomic mass is 79.9. The van der Waals surface area contributed by atoms with Gasteiger partial charge in [-0.15, -0.1) is 11.8 Å². The highest BCUT2D eigenvalue weighted by Crippen LogP contribution is 2.25. The van der Waals surface area contributed by atoms with E-state index in [0.29, 0.717) is 22.5 Å². The third-order valence-electron chi connectivity index (χ3n) is 5.55. The van der Waals surface area contributed by atoms with Gasteiger partial charge in [-0.2, -0.15) is 0 Å². The molecule has 0 saturated heterocycles. The number of nitro benzene ring substituents is 1. The first-order valence-corrected chi connectivity index (χ1v) is 14.0. The van der Waals surface area contributed by atoms with Crippen molar-refractivity contribution in [3.63, 3.8) is 0 Å². The van der Waals surface area contributed by atoms with E-state index in [1.807, 2.05) is 24.3 Å². The lowest BCUT2D eigenvalue weighted by Crippen LogP contribution is -2.30. The molecule has 0 aromatic heterocycles. The van der Waals surface area contributed by atoms with E-state index in [-0.39, 0.29) is 23.0 Å². The molecule has 0 heterocycles. The maximum atomic E-state index is 13.3. The highest BCUT2D eigenvalue weighted by molar-refractivity contribution is 9.10. The molecule has 3 N–H and O–H groups in total. The van der Waals surface area contributed by atoms with Crippen LogP contribution in [0.3, 0.4) is 0 Å². The van der Waals surface area contributed by atoms with E-state index < -0.39 is 16.7 Å². The number of nitrogens with zero attached hydrogens (tertiary/aromatic N) is 1. The van der Waals surface area contributed by atoms with Gasteiger partial charge >= 0.3 is 0 Å². The molecule has 0 spiro atoms. The molecule has 3 amide bonds. The molecule has 4 aromatic carbocycles. The van der Waals surface area contributed by atoms with Gasteiger partial charge in [0.1, 0.15) is 5.70 Å². The molecular weight excluding hydrogens is 608 g/mol. The number of hydrogen-bond acceptors (Lipinski definition) is 6. The Morgan fingerprint density at radius 1 is 0.854 bits per heavy atom. The second-order valence-electron chi connectivity index (χ2n) is 8.53. The second kappa shape index (κ2) is 14.1. The van der Waals surface area contributed by atoms with Crippen LogP contribution in [0.1, 0.15) is 15.9 Å². The van der Waals surface area contributed by atoms with Gasteiger partial charge in [-0.1, -0.05) is 36.4 Å². The molecule has 4 aromatic rings. The topological polar surface area (TPSA) is 130 Å². The molecule has 9 nitrogen and oxygen atoms in total. The summed E-state index contributed by atoms with van der Waals surface area (Å²) in [5, 5.41) is 19.3. The molecular formula is C30H23BrN4O5S. The number of amides is 3. The van der Waals surface area contributed by atoms with E-state index in [9.17, 15) is 24.5 Å². The molecule has 41 heavy (non-hydrogen) atoms. The van der Waals surface area contributed by atoms with Gasteiger partial charge in [-0.25, -0.2) is 0 Å². The largest absolute Gasteiger partial charge is 0.324 e. The SMILES string of the molecule is O=C(CSc1cccc(NC(=O)/C(=C\c2ccc([N+](=O)[O-])cc2)NC(=O)c2ccccc2)c1)Nc1ccccc1Br. The van der Waals surface area contributed by atoms with Crippen molar-refractivity contribution in [3.05, 3.63) is 135 Å². The van der Waals surface area contributed by atoms with Gasteiger partial charge in [-0.05, 0) is 82.2 Å². The Kier molecular flexibility index (Phi) is 10.0. The standard InChI is InChI=1S/C30H23BrN4O5S/c31-25-11-4-5-12-26(25)33-28(36)19-41-24-10-6-9-22(18-24)32-30(38)27(34-29(37)21-7-2-1-3-8-21)17-20-13-15-23(16-14-20)35(39)40/h1-18H,19H2,(H,32,38)(H,33,36)(H,34,37)/b27-17+. The zero-order valence-electron chi connectivity index (χ0n) is 21.4. The highest BCUT2D eigenvalue weighted by Gasteiger charge is 2.16. The fourth-order valence-corrected chi connectivity index (χ4v) is 4.70. The molecule has 0 bridgehead atoms. The third-order valence-corrected chi connectivity index (χ3v) is 7.24. The van der Waals surface area contributed by atoms with Crippen molar-refractivity contribution in [1.82, 2.24) is 5.32 Å². The Bertz CT molecular complexity index is 1610. The Hall–Kier alpha value is -4.74. The summed E-state index contributed by atoms with van der Waals surface area (Å²) in [5.41, 5.74) is 1.81. The van der Waals surface area contributed by atoms with Crippen LogP contribution in [0.4, 0.5) is 17.1 Å². The van der Waals surface area contributed by atoms with Crippen LogP contribution >= 0.6 is 27.7 Å². The number of carbonyl (C=O) groups excluding carboxylic acids is 3. The Labute approximate surface area is 248 Å². The van der Waals surface area contributed by atoms with E-state index in [1.54, 1.807) is 54.6 Å². The first-order valence-electron chi connectivity index (χ1n) is 12.2.